The van der Waals surface area contributed by atoms with Crippen molar-refractivity contribution in [2.75, 3.05) is 5.32 Å². The Morgan fingerprint density at radius 3 is 2.41 bits per heavy atom. The van der Waals surface area contributed by atoms with Crippen LogP contribution in [0.4, 0.5) is 10.1 Å². The number of amides is 1. The molecule has 0 saturated heterocycles. The van der Waals surface area contributed by atoms with Gasteiger partial charge >= 0.3 is 0 Å². The molecule has 0 heterocycles. The van der Waals surface area contributed by atoms with E-state index in [0.29, 0.717) is 23.2 Å². The summed E-state index contributed by atoms with van der Waals surface area (Å²) in [5.74, 6) is -0.735. The fraction of sp³-hybridized carbons (Fsp3) is 0.0435. The van der Waals surface area contributed by atoms with Crippen LogP contribution < -0.4 is 5.32 Å². The number of hydrogen-bond donors (Lipinski definition) is 1. The SMILES string of the molecule is N#C/C(=C\c1ccc(Cc2ccccc2F)c(Br)c1)C(=O)Nc1ccc(Br)cc1. The molecule has 0 spiro atoms. The molecule has 6 heteroatoms. The van der Waals surface area contributed by atoms with Crippen LogP contribution in [0.1, 0.15) is 16.7 Å². The molecule has 0 aliphatic heterocycles. The molecule has 29 heavy (non-hydrogen) atoms. The van der Waals surface area contributed by atoms with Crippen LogP contribution in [0.15, 0.2) is 81.2 Å². The lowest BCUT2D eigenvalue weighted by atomic mass is 10.0. The molecule has 0 aliphatic carbocycles. The zero-order chi connectivity index (χ0) is 20.8. The van der Waals surface area contributed by atoms with Crippen molar-refractivity contribution in [3.8, 4) is 6.07 Å². The van der Waals surface area contributed by atoms with Gasteiger partial charge in [0, 0.05) is 21.1 Å². The number of nitrogens with zero attached hydrogens (tertiary/aromatic N) is 1. The summed E-state index contributed by atoms with van der Waals surface area (Å²) >= 11 is 6.83. The second kappa shape index (κ2) is 9.64. The van der Waals surface area contributed by atoms with Crippen LogP contribution in [0.3, 0.4) is 0 Å². The summed E-state index contributed by atoms with van der Waals surface area (Å²) in [5.41, 5.74) is 2.78. The number of benzene rings is 3. The molecule has 3 nitrogen and oxygen atoms in total. The molecular weight excluding hydrogens is 499 g/mol. The summed E-state index contributed by atoms with van der Waals surface area (Å²) in [6.45, 7) is 0. The van der Waals surface area contributed by atoms with Gasteiger partial charge in [-0.2, -0.15) is 5.26 Å². The molecule has 0 aromatic heterocycles. The van der Waals surface area contributed by atoms with Gasteiger partial charge in [-0.15, -0.1) is 0 Å². The third-order valence-electron chi connectivity index (χ3n) is 4.19. The molecule has 0 saturated carbocycles. The zero-order valence-corrected chi connectivity index (χ0v) is 18.3. The molecule has 0 bridgehead atoms. The normalized spacial score (nSPS) is 11.0. The standard InChI is InChI=1S/C23H15Br2FN2O/c24-19-7-9-20(10-8-19)28-23(29)18(14-27)11-15-5-6-16(21(25)12-15)13-17-3-1-2-4-22(17)26/h1-12H,13H2,(H,28,29)/b18-11+. The smallest absolute Gasteiger partial charge is 0.266 e. The van der Waals surface area contributed by atoms with Crippen molar-refractivity contribution in [2.45, 2.75) is 6.42 Å². The van der Waals surface area contributed by atoms with Crippen molar-refractivity contribution in [1.82, 2.24) is 0 Å². The first-order valence-corrected chi connectivity index (χ1v) is 10.3. The quantitative estimate of drug-likeness (QED) is 0.313. The molecule has 3 rings (SSSR count). The molecule has 0 fully saturated rings. The summed E-state index contributed by atoms with van der Waals surface area (Å²) < 4.78 is 15.6. The maximum Gasteiger partial charge on any atom is 0.266 e. The highest BCUT2D eigenvalue weighted by atomic mass is 79.9. The molecule has 144 valence electrons. The van der Waals surface area contributed by atoms with E-state index in [1.165, 1.54) is 12.1 Å². The fourth-order valence-corrected chi connectivity index (χ4v) is 3.49. The maximum atomic E-state index is 13.9. The van der Waals surface area contributed by atoms with Gasteiger partial charge in [0.1, 0.15) is 17.5 Å². The van der Waals surface area contributed by atoms with Gasteiger partial charge < -0.3 is 5.32 Å². The highest BCUT2D eigenvalue weighted by Gasteiger charge is 2.11. The van der Waals surface area contributed by atoms with Crippen molar-refractivity contribution >= 4 is 49.5 Å². The Hall–Kier alpha value is -2.75. The van der Waals surface area contributed by atoms with E-state index in [4.69, 9.17) is 0 Å². The Labute approximate surface area is 185 Å². The van der Waals surface area contributed by atoms with E-state index >= 15 is 0 Å². The third kappa shape index (κ3) is 5.63. The van der Waals surface area contributed by atoms with E-state index in [0.717, 1.165) is 14.5 Å². The van der Waals surface area contributed by atoms with Crippen molar-refractivity contribution in [1.29, 1.82) is 5.26 Å². The molecule has 0 aliphatic rings. The van der Waals surface area contributed by atoms with E-state index in [9.17, 15) is 14.4 Å². The van der Waals surface area contributed by atoms with Crippen molar-refractivity contribution in [3.63, 3.8) is 0 Å². The van der Waals surface area contributed by atoms with Gasteiger partial charge in [0.2, 0.25) is 0 Å². The van der Waals surface area contributed by atoms with E-state index in [1.54, 1.807) is 54.6 Å². The Bertz CT molecular complexity index is 1120. The summed E-state index contributed by atoms with van der Waals surface area (Å²) in [4.78, 5) is 12.4. The second-order valence-corrected chi connectivity index (χ2v) is 8.02. The molecular formula is C23H15Br2FN2O. The van der Waals surface area contributed by atoms with Gasteiger partial charge in [-0.25, -0.2) is 4.39 Å². The van der Waals surface area contributed by atoms with Gasteiger partial charge in [0.05, 0.1) is 0 Å². The second-order valence-electron chi connectivity index (χ2n) is 6.25. The van der Waals surface area contributed by atoms with Crippen LogP contribution in [0.25, 0.3) is 6.08 Å². The first-order chi connectivity index (χ1) is 14.0. The number of halogens is 3. The molecule has 0 radical (unpaired) electrons. The minimum Gasteiger partial charge on any atom is -0.321 e. The Kier molecular flexibility index (Phi) is 6.97. The van der Waals surface area contributed by atoms with Crippen LogP contribution in [-0.4, -0.2) is 5.91 Å². The summed E-state index contributed by atoms with van der Waals surface area (Å²) in [5, 5.41) is 12.1. The monoisotopic (exact) mass is 512 g/mol. The Morgan fingerprint density at radius 1 is 1.03 bits per heavy atom. The Balaban J connectivity index is 1.78. The summed E-state index contributed by atoms with van der Waals surface area (Å²) in [6.07, 6.45) is 1.96. The lowest BCUT2D eigenvalue weighted by molar-refractivity contribution is -0.112. The average Bonchev–Trinajstić information content (AvgIpc) is 2.71. The average molecular weight is 514 g/mol. The number of carbonyl (C=O) groups is 1. The van der Waals surface area contributed by atoms with Crippen LogP contribution in [0.5, 0.6) is 0 Å². The predicted molar refractivity (Wildman–Crippen MR) is 120 cm³/mol. The molecule has 0 atom stereocenters. The predicted octanol–water partition coefficient (Wildman–Crippen LogP) is 6.49. The third-order valence-corrected chi connectivity index (χ3v) is 5.46. The van der Waals surface area contributed by atoms with Crippen LogP contribution in [-0.2, 0) is 11.2 Å². The largest absolute Gasteiger partial charge is 0.321 e. The van der Waals surface area contributed by atoms with Crippen molar-refractivity contribution in [2.24, 2.45) is 0 Å². The lowest BCUT2D eigenvalue weighted by Crippen LogP contribution is -2.13. The minimum absolute atomic E-state index is 0.0123. The van der Waals surface area contributed by atoms with Gasteiger partial charge in [-0.1, -0.05) is 62.2 Å². The summed E-state index contributed by atoms with van der Waals surface area (Å²) in [6, 6.07) is 21.1. The zero-order valence-electron chi connectivity index (χ0n) is 15.1. The molecule has 3 aromatic carbocycles. The summed E-state index contributed by atoms with van der Waals surface area (Å²) in [7, 11) is 0. The first kappa shape index (κ1) is 21.0. The van der Waals surface area contributed by atoms with Crippen molar-refractivity contribution in [3.05, 3.63) is 104 Å². The van der Waals surface area contributed by atoms with Gasteiger partial charge in [-0.05, 0) is 59.2 Å². The number of rotatable bonds is 5. The van der Waals surface area contributed by atoms with Gasteiger partial charge in [0.15, 0.2) is 0 Å². The maximum absolute atomic E-state index is 13.9. The number of anilines is 1. The van der Waals surface area contributed by atoms with Crippen LogP contribution in [0.2, 0.25) is 0 Å². The number of nitrogens with one attached hydrogen (secondary N) is 1. The van der Waals surface area contributed by atoms with Gasteiger partial charge in [0.25, 0.3) is 5.91 Å². The molecule has 3 aromatic rings. The molecule has 1 amide bonds. The highest BCUT2D eigenvalue weighted by Crippen LogP contribution is 2.24. The number of carbonyl (C=O) groups excluding carboxylic acids is 1. The molecule has 0 unspecified atom stereocenters. The van der Waals surface area contributed by atoms with Gasteiger partial charge in [-0.3, -0.25) is 4.79 Å². The van der Waals surface area contributed by atoms with E-state index in [2.05, 4.69) is 37.2 Å². The highest BCUT2D eigenvalue weighted by molar-refractivity contribution is 9.10. The minimum atomic E-state index is -0.485. The van der Waals surface area contributed by atoms with Crippen molar-refractivity contribution < 1.29 is 9.18 Å². The number of nitriles is 1. The van der Waals surface area contributed by atoms with Crippen LogP contribution in [0, 0.1) is 17.1 Å². The topological polar surface area (TPSA) is 52.9 Å². The Morgan fingerprint density at radius 2 is 1.76 bits per heavy atom. The van der Waals surface area contributed by atoms with E-state index < -0.39 is 5.91 Å². The van der Waals surface area contributed by atoms with Crippen LogP contribution >= 0.6 is 31.9 Å². The fourth-order valence-electron chi connectivity index (χ4n) is 2.69. The first-order valence-electron chi connectivity index (χ1n) is 8.67. The number of hydrogen-bond acceptors (Lipinski definition) is 2. The van der Waals surface area contributed by atoms with E-state index in [-0.39, 0.29) is 11.4 Å². The molecule has 1 N–H and O–H groups in total. The van der Waals surface area contributed by atoms with E-state index in [1.807, 2.05) is 12.1 Å². The lowest BCUT2D eigenvalue weighted by Gasteiger charge is -2.08.